The Morgan fingerprint density at radius 3 is 2.58 bits per heavy atom. The van der Waals surface area contributed by atoms with E-state index < -0.39 is 63.7 Å². The summed E-state index contributed by atoms with van der Waals surface area (Å²) in [4.78, 5) is 14.6. The first-order chi connectivity index (χ1) is 26.0. The summed E-state index contributed by atoms with van der Waals surface area (Å²) in [6, 6.07) is 0. The van der Waals surface area contributed by atoms with Crippen molar-refractivity contribution in [2.45, 2.75) is 165 Å². The Morgan fingerprint density at radius 2 is 1.87 bits per heavy atom. The topological polar surface area (TPSA) is 187 Å². The molecule has 1 spiro atoms. The first-order valence-corrected chi connectivity index (χ1v) is 22.5. The maximum Gasteiger partial charge on any atom is 0.159 e. The molecular formula is C45H75N3O7+2. The second-order valence-electron chi connectivity index (χ2n) is 21.0. The predicted octanol–water partition coefficient (Wildman–Crippen LogP) is 1.92. The number of rotatable bonds is 8. The largest absolute Gasteiger partial charge is 0.390 e. The Balaban J connectivity index is 1.18. The third kappa shape index (κ3) is 6.15. The van der Waals surface area contributed by atoms with E-state index in [1.165, 1.54) is 19.3 Å². The molecule has 10 nitrogen and oxygen atoms in total. The molecule has 4 saturated carbocycles. The highest BCUT2D eigenvalue weighted by molar-refractivity contribution is 5.95. The molecule has 2 saturated heterocycles. The Labute approximate surface area is 329 Å². The molecule has 0 amide bonds. The van der Waals surface area contributed by atoms with Gasteiger partial charge in [0.2, 0.25) is 0 Å². The number of nitrogens with two attached hydrogens (primary N) is 3. The Morgan fingerprint density at radius 1 is 1.11 bits per heavy atom. The highest BCUT2D eigenvalue weighted by atomic mass is 16.5. The minimum absolute atomic E-state index is 0.0507. The lowest BCUT2D eigenvalue weighted by atomic mass is 9.38. The number of ether oxygens (including phenoxy) is 1. The van der Waals surface area contributed by atoms with E-state index in [1.54, 1.807) is 13.0 Å². The summed E-state index contributed by atoms with van der Waals surface area (Å²) in [6.07, 6.45) is 14.8. The number of quaternary nitrogens is 2. The third-order valence-electron chi connectivity index (χ3n) is 18.2. The van der Waals surface area contributed by atoms with Gasteiger partial charge >= 0.3 is 0 Å². The maximum atomic E-state index is 14.6. The number of piperidine rings is 1. The molecule has 6 aliphatic carbocycles. The third-order valence-corrected chi connectivity index (χ3v) is 18.2. The number of hydrogen-bond donors (Lipinski definition) is 8. The number of fused-ring (bicyclic) bond motifs is 3. The minimum atomic E-state index is -1.56. The van der Waals surface area contributed by atoms with Crippen LogP contribution < -0.4 is 16.4 Å². The van der Waals surface area contributed by atoms with Crippen LogP contribution in [0.4, 0.5) is 0 Å². The fourth-order valence-electron chi connectivity index (χ4n) is 15.6. The van der Waals surface area contributed by atoms with Crippen LogP contribution in [0.15, 0.2) is 23.8 Å². The Hall–Kier alpha value is -1.21. The molecule has 6 fully saturated rings. The number of carbonyl (C=O) groups is 1. The number of aliphatic hydroxyl groups excluding tert-OH is 3. The van der Waals surface area contributed by atoms with Crippen molar-refractivity contribution in [3.05, 3.63) is 23.8 Å². The van der Waals surface area contributed by atoms with Gasteiger partial charge in [0.15, 0.2) is 5.78 Å². The van der Waals surface area contributed by atoms with Gasteiger partial charge < -0.3 is 40.9 Å². The van der Waals surface area contributed by atoms with Crippen molar-refractivity contribution in [3.63, 3.8) is 0 Å². The molecule has 8 aliphatic rings. The zero-order chi connectivity index (χ0) is 39.3. The molecule has 8 rings (SSSR count). The average Bonchev–Trinajstić information content (AvgIpc) is 3.44. The lowest BCUT2D eigenvalue weighted by molar-refractivity contribution is -0.703. The molecule has 0 aromatic rings. The normalized spacial score (nSPS) is 52.5. The summed E-state index contributed by atoms with van der Waals surface area (Å²) in [5.74, 6) is 0.549. The molecule has 0 aromatic heterocycles. The van der Waals surface area contributed by atoms with Crippen molar-refractivity contribution >= 4 is 5.78 Å². The standard InChI is InChI=1S/C45H73N3O7/c1-6-7-26-8-11-29-25(2)38(55-35(29)12-9-26)40(52)42(4,53)36-15-17-45(54)31-19-32(49)30-18-33(50)34(51)21-44(30)20-27(28-10-13-37(46)48-22-28)14-16-43(24-47-5,39(31)44)23-41(36,45)3/h14,16,19,25-30,33-40,47-48,50-54H,6-13,15,17-18,20-24,46H2,1-5H3/p+2/t25-,26+,27+,28?,29+,30-,33+,34-,35+,36+,37?,38+,39?,40+,41+,42+,43+,44-,45-/m0/s1. The highest BCUT2D eigenvalue weighted by Gasteiger charge is 2.76. The molecule has 3 unspecified atom stereocenters. The van der Waals surface area contributed by atoms with Crippen LogP contribution in [0.1, 0.15) is 118 Å². The lowest BCUT2D eigenvalue weighted by Gasteiger charge is -2.66. The number of carbonyl (C=O) groups excluding carboxylic acids is 1. The summed E-state index contributed by atoms with van der Waals surface area (Å²) in [5.41, 5.74) is 2.12. The molecule has 0 aromatic carbocycles. The molecule has 55 heavy (non-hydrogen) atoms. The molecule has 2 aliphatic heterocycles. The zero-order valence-corrected chi connectivity index (χ0v) is 34.4. The predicted molar refractivity (Wildman–Crippen MR) is 209 cm³/mol. The minimum Gasteiger partial charge on any atom is -0.390 e. The van der Waals surface area contributed by atoms with Gasteiger partial charge in [-0.1, -0.05) is 52.2 Å². The molecule has 19 atom stereocenters. The van der Waals surface area contributed by atoms with Crippen LogP contribution in [0.2, 0.25) is 0 Å². The van der Waals surface area contributed by atoms with Crippen molar-refractivity contribution in [2.75, 3.05) is 20.1 Å². The summed E-state index contributed by atoms with van der Waals surface area (Å²) >= 11 is 0. The van der Waals surface area contributed by atoms with E-state index in [9.17, 15) is 30.3 Å². The van der Waals surface area contributed by atoms with Crippen molar-refractivity contribution < 1.29 is 45.7 Å². The van der Waals surface area contributed by atoms with Crippen molar-refractivity contribution in [3.8, 4) is 0 Å². The van der Waals surface area contributed by atoms with Crippen LogP contribution in [0.25, 0.3) is 0 Å². The molecular weight excluding hydrogens is 695 g/mol. The molecule has 310 valence electrons. The van der Waals surface area contributed by atoms with Gasteiger partial charge in [-0.3, -0.25) is 10.5 Å². The quantitative estimate of drug-likeness (QED) is 0.172. The molecule has 11 N–H and O–H groups in total. The summed E-state index contributed by atoms with van der Waals surface area (Å²) in [5, 5.41) is 65.8. The first kappa shape index (κ1) is 40.6. The van der Waals surface area contributed by atoms with E-state index in [4.69, 9.17) is 10.5 Å². The van der Waals surface area contributed by atoms with E-state index in [2.05, 4.69) is 50.6 Å². The Bertz CT molecular complexity index is 1510. The molecule has 0 bridgehead atoms. The van der Waals surface area contributed by atoms with Crippen LogP contribution in [-0.4, -0.2) is 99.3 Å². The van der Waals surface area contributed by atoms with E-state index in [-0.39, 0.29) is 42.2 Å². The van der Waals surface area contributed by atoms with Gasteiger partial charge in [-0.2, -0.15) is 0 Å². The van der Waals surface area contributed by atoms with E-state index in [1.807, 2.05) is 0 Å². The highest BCUT2D eigenvalue weighted by Crippen LogP contribution is 2.75. The van der Waals surface area contributed by atoms with Crippen LogP contribution >= 0.6 is 0 Å². The summed E-state index contributed by atoms with van der Waals surface area (Å²) < 4.78 is 6.78. The van der Waals surface area contributed by atoms with Gasteiger partial charge in [0.05, 0.1) is 55.8 Å². The number of hydrogen-bond acceptors (Lipinski definition) is 8. The van der Waals surface area contributed by atoms with Gasteiger partial charge in [0, 0.05) is 35.0 Å². The molecule has 0 radical (unpaired) electrons. The van der Waals surface area contributed by atoms with Crippen molar-refractivity contribution in [2.24, 2.45) is 69.3 Å². The van der Waals surface area contributed by atoms with E-state index in [0.717, 1.165) is 63.1 Å². The maximum absolute atomic E-state index is 14.6. The fraction of sp³-hybridized carbons (Fsp3) is 0.889. The van der Waals surface area contributed by atoms with Crippen LogP contribution in [-0.2, 0) is 9.53 Å². The van der Waals surface area contributed by atoms with Crippen LogP contribution in [0.3, 0.4) is 0 Å². The SMILES string of the molecule is CCC[C@@H]1CC[C@@H]2[C@H](C)[C@H]([C@@H](O)[C@](C)(O)[C@@H]3CC[C@]4(O)C5=CC(=O)[C@@H]6C[C@@H](O)[C@@H](O)C[C@@]67C[C@H](C6CCC(N)[NH2+]C6)C=C[C@](C[NH2+]C)(C[C@]34C)C57)O[C@@H]2CC1. The average molecular weight is 770 g/mol. The Kier molecular flexibility index (Phi) is 10.7. The first-order valence-electron chi connectivity index (χ1n) is 22.5. The van der Waals surface area contributed by atoms with E-state index >= 15 is 0 Å². The lowest BCUT2D eigenvalue weighted by Crippen LogP contribution is -2.95. The molecule has 10 heteroatoms. The van der Waals surface area contributed by atoms with Gasteiger partial charge in [-0.25, -0.2) is 0 Å². The van der Waals surface area contributed by atoms with Gasteiger partial charge in [0.1, 0.15) is 12.3 Å². The monoisotopic (exact) mass is 770 g/mol. The van der Waals surface area contributed by atoms with Gasteiger partial charge in [-0.05, 0) is 118 Å². The summed E-state index contributed by atoms with van der Waals surface area (Å²) in [6.45, 7) is 9.99. The smallest absolute Gasteiger partial charge is 0.159 e. The van der Waals surface area contributed by atoms with E-state index in [0.29, 0.717) is 37.5 Å². The second-order valence-corrected chi connectivity index (χ2v) is 21.0. The zero-order valence-electron chi connectivity index (χ0n) is 34.4. The van der Waals surface area contributed by atoms with Gasteiger partial charge in [0.25, 0.3) is 0 Å². The van der Waals surface area contributed by atoms with Crippen LogP contribution in [0, 0.1) is 63.6 Å². The summed E-state index contributed by atoms with van der Waals surface area (Å²) in [7, 11) is 2.09. The number of aliphatic hydroxyl groups is 5. The number of allylic oxidation sites excluding steroid dienone is 2. The fourth-order valence-corrected chi connectivity index (χ4v) is 15.6. The molecule has 2 heterocycles. The van der Waals surface area contributed by atoms with Crippen LogP contribution in [0.5, 0.6) is 0 Å². The number of ketones is 1. The van der Waals surface area contributed by atoms with Crippen molar-refractivity contribution in [1.82, 2.24) is 0 Å². The van der Waals surface area contributed by atoms with Gasteiger partial charge in [-0.15, -0.1) is 0 Å². The second kappa shape index (κ2) is 14.5. The van der Waals surface area contributed by atoms with Crippen molar-refractivity contribution in [1.29, 1.82) is 0 Å².